The maximum absolute atomic E-state index is 11.7. The number of nitrogens with one attached hydrogen (secondary N) is 1. The van der Waals surface area contributed by atoms with Gasteiger partial charge >= 0.3 is 5.97 Å². The summed E-state index contributed by atoms with van der Waals surface area (Å²) < 4.78 is 5.42. The first-order chi connectivity index (χ1) is 9.65. The van der Waals surface area contributed by atoms with Crippen molar-refractivity contribution in [3.05, 3.63) is 29.3 Å². The smallest absolute Gasteiger partial charge is 0.313 e. The van der Waals surface area contributed by atoms with Crippen molar-refractivity contribution in [1.29, 1.82) is 0 Å². The van der Waals surface area contributed by atoms with Gasteiger partial charge in [0.2, 0.25) is 5.91 Å². The minimum atomic E-state index is -0.832. The van der Waals surface area contributed by atoms with Crippen LogP contribution in [-0.2, 0) is 22.4 Å². The lowest BCUT2D eigenvalue weighted by atomic mass is 10.1. The monoisotopic (exact) mass is 295 g/mol. The van der Waals surface area contributed by atoms with E-state index in [-0.39, 0.29) is 11.7 Å². The highest BCUT2D eigenvalue weighted by Gasteiger charge is 2.13. The summed E-state index contributed by atoms with van der Waals surface area (Å²) >= 11 is 1.30. The fourth-order valence-electron chi connectivity index (χ4n) is 2.02. The molecule has 0 spiro atoms. The second-order valence-electron chi connectivity index (χ2n) is 4.51. The van der Waals surface area contributed by atoms with Crippen LogP contribution in [0.15, 0.2) is 18.2 Å². The average Bonchev–Trinajstić information content (AvgIpc) is 2.85. The lowest BCUT2D eigenvalue weighted by molar-refractivity contribution is -0.133. The molecule has 1 amide bonds. The molecule has 0 atom stereocenters. The molecule has 0 unspecified atom stereocenters. The standard InChI is InChI=1S/C14H17NO4S/c16-13(15-4-6-20-9-14(17)18)8-10-1-2-12-11(7-10)3-5-19-12/h1-2,7H,3-6,8-9H2,(H,15,16)(H,17,18). The maximum atomic E-state index is 11.7. The van der Waals surface area contributed by atoms with Crippen LogP contribution in [-0.4, -0.2) is 41.6 Å². The van der Waals surface area contributed by atoms with Crippen molar-refractivity contribution in [3.63, 3.8) is 0 Å². The van der Waals surface area contributed by atoms with Gasteiger partial charge in [0.1, 0.15) is 5.75 Å². The Hall–Kier alpha value is -1.69. The van der Waals surface area contributed by atoms with E-state index in [2.05, 4.69) is 5.32 Å². The summed E-state index contributed by atoms with van der Waals surface area (Å²) in [7, 11) is 0. The van der Waals surface area contributed by atoms with Crippen LogP contribution in [0.2, 0.25) is 0 Å². The number of carboxylic acids is 1. The zero-order valence-electron chi connectivity index (χ0n) is 11.1. The van der Waals surface area contributed by atoms with Crippen molar-refractivity contribution >= 4 is 23.6 Å². The third kappa shape index (κ3) is 4.45. The number of rotatable bonds is 7. The quantitative estimate of drug-likeness (QED) is 0.737. The number of ether oxygens (including phenoxy) is 1. The summed E-state index contributed by atoms with van der Waals surface area (Å²) in [6.45, 7) is 1.20. The summed E-state index contributed by atoms with van der Waals surface area (Å²) in [5.41, 5.74) is 2.14. The highest BCUT2D eigenvalue weighted by Crippen LogP contribution is 2.25. The third-order valence-electron chi connectivity index (χ3n) is 2.91. The van der Waals surface area contributed by atoms with E-state index in [9.17, 15) is 9.59 Å². The summed E-state index contributed by atoms with van der Waals surface area (Å²) in [6.07, 6.45) is 1.24. The van der Waals surface area contributed by atoms with E-state index >= 15 is 0 Å². The first kappa shape index (κ1) is 14.7. The lowest BCUT2D eigenvalue weighted by Crippen LogP contribution is -2.27. The van der Waals surface area contributed by atoms with E-state index in [1.54, 1.807) is 0 Å². The SMILES string of the molecule is O=C(O)CSCCNC(=O)Cc1ccc2c(c1)CCO2. The second kappa shape index (κ2) is 7.19. The van der Waals surface area contributed by atoms with Gasteiger partial charge in [-0.05, 0) is 17.2 Å². The minimum Gasteiger partial charge on any atom is -0.493 e. The number of thioether (sulfide) groups is 1. The highest BCUT2D eigenvalue weighted by molar-refractivity contribution is 7.99. The van der Waals surface area contributed by atoms with Crippen LogP contribution >= 0.6 is 11.8 Å². The van der Waals surface area contributed by atoms with Crippen LogP contribution in [0.1, 0.15) is 11.1 Å². The second-order valence-corrected chi connectivity index (χ2v) is 5.62. The van der Waals surface area contributed by atoms with Gasteiger partial charge in [0.25, 0.3) is 0 Å². The predicted molar refractivity (Wildman–Crippen MR) is 77.3 cm³/mol. The van der Waals surface area contributed by atoms with Crippen LogP contribution in [0.25, 0.3) is 0 Å². The molecule has 1 aliphatic rings. The van der Waals surface area contributed by atoms with Gasteiger partial charge in [0, 0.05) is 18.7 Å². The van der Waals surface area contributed by atoms with E-state index in [0.717, 1.165) is 23.3 Å². The molecule has 1 aromatic carbocycles. The molecule has 20 heavy (non-hydrogen) atoms. The maximum Gasteiger partial charge on any atom is 0.313 e. The Morgan fingerprint density at radius 3 is 3.05 bits per heavy atom. The molecule has 2 rings (SSSR count). The van der Waals surface area contributed by atoms with Gasteiger partial charge in [-0.2, -0.15) is 0 Å². The van der Waals surface area contributed by atoms with E-state index in [1.807, 2.05) is 18.2 Å². The Morgan fingerprint density at radius 1 is 1.40 bits per heavy atom. The van der Waals surface area contributed by atoms with Crippen molar-refractivity contribution in [2.24, 2.45) is 0 Å². The first-order valence-electron chi connectivity index (χ1n) is 6.46. The number of carbonyl (C=O) groups excluding carboxylic acids is 1. The Morgan fingerprint density at radius 2 is 2.25 bits per heavy atom. The van der Waals surface area contributed by atoms with E-state index in [1.165, 1.54) is 11.8 Å². The van der Waals surface area contributed by atoms with Crippen LogP contribution < -0.4 is 10.1 Å². The molecule has 0 aromatic heterocycles. The van der Waals surface area contributed by atoms with E-state index in [4.69, 9.17) is 9.84 Å². The molecule has 0 bridgehead atoms. The summed E-state index contributed by atoms with van der Waals surface area (Å²) in [5.74, 6) is 0.720. The number of hydrogen-bond acceptors (Lipinski definition) is 4. The van der Waals surface area contributed by atoms with Crippen molar-refractivity contribution in [2.75, 3.05) is 24.7 Å². The average molecular weight is 295 g/mol. The molecular weight excluding hydrogens is 278 g/mol. The van der Waals surface area contributed by atoms with Crippen LogP contribution in [0.4, 0.5) is 0 Å². The molecule has 1 aromatic rings. The van der Waals surface area contributed by atoms with Gasteiger partial charge in [0.15, 0.2) is 0 Å². The van der Waals surface area contributed by atoms with Crippen LogP contribution in [0.3, 0.4) is 0 Å². The molecule has 0 radical (unpaired) electrons. The zero-order chi connectivity index (χ0) is 14.4. The van der Waals surface area contributed by atoms with Crippen molar-refractivity contribution in [2.45, 2.75) is 12.8 Å². The third-order valence-corrected chi connectivity index (χ3v) is 3.86. The molecular formula is C14H17NO4S. The van der Waals surface area contributed by atoms with Crippen LogP contribution in [0, 0.1) is 0 Å². The number of fused-ring (bicyclic) bond motifs is 1. The lowest BCUT2D eigenvalue weighted by Gasteiger charge is -2.06. The zero-order valence-corrected chi connectivity index (χ0v) is 11.9. The molecule has 0 aliphatic carbocycles. The number of aliphatic carboxylic acids is 1. The highest BCUT2D eigenvalue weighted by atomic mass is 32.2. The molecule has 2 N–H and O–H groups in total. The molecule has 0 saturated carbocycles. The van der Waals surface area contributed by atoms with Crippen molar-refractivity contribution < 1.29 is 19.4 Å². The molecule has 1 aliphatic heterocycles. The predicted octanol–water partition coefficient (Wildman–Crippen LogP) is 1.10. The van der Waals surface area contributed by atoms with Gasteiger partial charge in [-0.1, -0.05) is 12.1 Å². The summed E-state index contributed by atoms with van der Waals surface area (Å²) in [6, 6.07) is 5.83. The van der Waals surface area contributed by atoms with Crippen molar-refractivity contribution in [3.8, 4) is 5.75 Å². The van der Waals surface area contributed by atoms with E-state index < -0.39 is 5.97 Å². The van der Waals surface area contributed by atoms with Gasteiger partial charge in [-0.25, -0.2) is 0 Å². The number of carbonyl (C=O) groups is 2. The molecule has 108 valence electrons. The van der Waals surface area contributed by atoms with Gasteiger partial charge < -0.3 is 15.2 Å². The fourth-order valence-corrected chi connectivity index (χ4v) is 2.59. The number of benzene rings is 1. The largest absolute Gasteiger partial charge is 0.493 e. The van der Waals surface area contributed by atoms with Gasteiger partial charge in [-0.3, -0.25) is 9.59 Å². The molecule has 0 saturated heterocycles. The summed E-state index contributed by atoms with van der Waals surface area (Å²) in [4.78, 5) is 22.1. The van der Waals surface area contributed by atoms with Gasteiger partial charge in [0.05, 0.1) is 18.8 Å². The number of hydrogen-bond donors (Lipinski definition) is 2. The number of carboxylic acid groups (broad SMARTS) is 1. The normalized spacial score (nSPS) is 12.6. The van der Waals surface area contributed by atoms with Crippen molar-refractivity contribution in [1.82, 2.24) is 5.32 Å². The number of amides is 1. The van der Waals surface area contributed by atoms with E-state index in [0.29, 0.717) is 25.3 Å². The van der Waals surface area contributed by atoms with Gasteiger partial charge in [-0.15, -0.1) is 11.8 Å². The Kier molecular flexibility index (Phi) is 5.29. The molecule has 6 heteroatoms. The molecule has 0 fully saturated rings. The first-order valence-corrected chi connectivity index (χ1v) is 7.61. The van der Waals surface area contributed by atoms with Crippen LogP contribution in [0.5, 0.6) is 5.75 Å². The summed E-state index contributed by atoms with van der Waals surface area (Å²) in [5, 5.41) is 11.3. The Balaban J connectivity index is 1.70. The Labute approximate surface area is 121 Å². The Bertz CT molecular complexity index is 504. The molecule has 5 nitrogen and oxygen atoms in total. The minimum absolute atomic E-state index is 0.0419. The molecule has 1 heterocycles. The fraction of sp³-hybridized carbons (Fsp3) is 0.429. The topological polar surface area (TPSA) is 75.6 Å².